The molecule has 4 heteroatoms. The molecule has 0 heterocycles. The maximum Gasteiger partial charge on any atom is 0.221 e. The number of carbonyl (C=O) groups is 1. The van der Waals surface area contributed by atoms with Crippen molar-refractivity contribution in [3.05, 3.63) is 35.6 Å². The van der Waals surface area contributed by atoms with E-state index in [1.165, 1.54) is 12.1 Å². The topological polar surface area (TPSA) is 41.1 Å². The predicted molar refractivity (Wildman–Crippen MR) is 75.5 cm³/mol. The first kappa shape index (κ1) is 15.6. The Morgan fingerprint density at radius 1 is 1.21 bits per heavy atom. The van der Waals surface area contributed by atoms with E-state index in [1.54, 1.807) is 12.1 Å². The summed E-state index contributed by atoms with van der Waals surface area (Å²) in [4.78, 5) is 11.7. The van der Waals surface area contributed by atoms with Crippen molar-refractivity contribution in [2.75, 3.05) is 6.54 Å². The molecular formula is C15H23FN2O. The third kappa shape index (κ3) is 6.91. The standard InChI is InChI=1S/C15H23FN2O/c1-11(2)17-9-8-15(19)18-12(3)10-13-4-6-14(16)7-5-13/h4-7,11-12,17H,8-10H2,1-3H3,(H,18,19). The Balaban J connectivity index is 2.28. The highest BCUT2D eigenvalue weighted by atomic mass is 19.1. The first-order chi connectivity index (χ1) is 8.97. The van der Waals surface area contributed by atoms with E-state index in [9.17, 15) is 9.18 Å². The molecular weight excluding hydrogens is 243 g/mol. The summed E-state index contributed by atoms with van der Waals surface area (Å²) in [7, 11) is 0. The van der Waals surface area contributed by atoms with Gasteiger partial charge in [0.1, 0.15) is 5.82 Å². The molecule has 0 aliphatic carbocycles. The predicted octanol–water partition coefficient (Wildman–Crippen LogP) is 2.26. The van der Waals surface area contributed by atoms with Crippen molar-refractivity contribution in [2.24, 2.45) is 0 Å². The second kappa shape index (κ2) is 7.89. The van der Waals surface area contributed by atoms with Gasteiger partial charge in [0, 0.05) is 25.0 Å². The lowest BCUT2D eigenvalue weighted by Gasteiger charge is -2.14. The molecule has 0 bridgehead atoms. The molecule has 1 aromatic rings. The summed E-state index contributed by atoms with van der Waals surface area (Å²) in [6.45, 7) is 6.74. The van der Waals surface area contributed by atoms with Crippen molar-refractivity contribution >= 4 is 5.91 Å². The van der Waals surface area contributed by atoms with Crippen LogP contribution in [0.15, 0.2) is 24.3 Å². The van der Waals surface area contributed by atoms with Gasteiger partial charge in [-0.2, -0.15) is 0 Å². The zero-order chi connectivity index (χ0) is 14.3. The first-order valence-corrected chi connectivity index (χ1v) is 6.74. The summed E-state index contributed by atoms with van der Waals surface area (Å²) in [6, 6.07) is 6.82. The van der Waals surface area contributed by atoms with Crippen LogP contribution in [0.5, 0.6) is 0 Å². The Kier molecular flexibility index (Phi) is 6.50. The van der Waals surface area contributed by atoms with E-state index in [2.05, 4.69) is 24.5 Å². The van der Waals surface area contributed by atoms with Gasteiger partial charge in [-0.25, -0.2) is 4.39 Å². The normalized spacial score (nSPS) is 12.5. The molecule has 1 amide bonds. The van der Waals surface area contributed by atoms with E-state index >= 15 is 0 Å². The summed E-state index contributed by atoms with van der Waals surface area (Å²) in [5.41, 5.74) is 1.02. The molecule has 106 valence electrons. The third-order valence-corrected chi connectivity index (χ3v) is 2.77. The fourth-order valence-corrected chi connectivity index (χ4v) is 1.85. The Bertz CT molecular complexity index is 390. The molecule has 0 spiro atoms. The lowest BCUT2D eigenvalue weighted by molar-refractivity contribution is -0.121. The van der Waals surface area contributed by atoms with Crippen LogP contribution in [0.25, 0.3) is 0 Å². The van der Waals surface area contributed by atoms with E-state index in [1.807, 2.05) is 6.92 Å². The van der Waals surface area contributed by atoms with E-state index in [-0.39, 0.29) is 17.8 Å². The largest absolute Gasteiger partial charge is 0.353 e. The molecule has 3 nitrogen and oxygen atoms in total. The van der Waals surface area contributed by atoms with Crippen LogP contribution in [0.3, 0.4) is 0 Å². The smallest absolute Gasteiger partial charge is 0.221 e. The molecule has 2 N–H and O–H groups in total. The van der Waals surface area contributed by atoms with Gasteiger partial charge in [-0.3, -0.25) is 4.79 Å². The monoisotopic (exact) mass is 266 g/mol. The van der Waals surface area contributed by atoms with Gasteiger partial charge in [-0.1, -0.05) is 26.0 Å². The highest BCUT2D eigenvalue weighted by Crippen LogP contribution is 2.05. The highest BCUT2D eigenvalue weighted by molar-refractivity contribution is 5.76. The quantitative estimate of drug-likeness (QED) is 0.795. The fraction of sp³-hybridized carbons (Fsp3) is 0.533. The Hall–Kier alpha value is -1.42. The molecule has 0 saturated heterocycles. The van der Waals surface area contributed by atoms with Crippen LogP contribution in [-0.2, 0) is 11.2 Å². The minimum absolute atomic E-state index is 0.0442. The summed E-state index contributed by atoms with van der Waals surface area (Å²) in [5, 5.41) is 6.15. The number of rotatable bonds is 7. The van der Waals surface area contributed by atoms with Crippen LogP contribution in [0.2, 0.25) is 0 Å². The average Bonchev–Trinajstić information content (AvgIpc) is 2.31. The SMILES string of the molecule is CC(C)NCCC(=O)NC(C)Cc1ccc(F)cc1. The van der Waals surface area contributed by atoms with Crippen molar-refractivity contribution in [3.8, 4) is 0 Å². The van der Waals surface area contributed by atoms with Gasteiger partial charge >= 0.3 is 0 Å². The van der Waals surface area contributed by atoms with Crippen molar-refractivity contribution in [1.29, 1.82) is 0 Å². The first-order valence-electron chi connectivity index (χ1n) is 6.74. The number of benzene rings is 1. The van der Waals surface area contributed by atoms with Crippen LogP contribution >= 0.6 is 0 Å². The number of halogens is 1. The van der Waals surface area contributed by atoms with Gasteiger partial charge in [0.25, 0.3) is 0 Å². The number of hydrogen-bond acceptors (Lipinski definition) is 2. The van der Waals surface area contributed by atoms with E-state index in [4.69, 9.17) is 0 Å². The van der Waals surface area contributed by atoms with Crippen LogP contribution in [0.4, 0.5) is 4.39 Å². The van der Waals surface area contributed by atoms with Crippen molar-refractivity contribution in [2.45, 2.75) is 45.7 Å². The molecule has 1 rings (SSSR count). The van der Waals surface area contributed by atoms with Crippen LogP contribution < -0.4 is 10.6 Å². The molecule has 1 unspecified atom stereocenters. The minimum atomic E-state index is -0.236. The zero-order valence-corrected chi connectivity index (χ0v) is 11.9. The molecule has 19 heavy (non-hydrogen) atoms. The molecule has 0 fully saturated rings. The number of hydrogen-bond donors (Lipinski definition) is 2. The Morgan fingerprint density at radius 2 is 1.84 bits per heavy atom. The van der Waals surface area contributed by atoms with Crippen LogP contribution in [0, 0.1) is 5.82 Å². The second-order valence-electron chi connectivity index (χ2n) is 5.16. The van der Waals surface area contributed by atoms with Crippen molar-refractivity contribution in [1.82, 2.24) is 10.6 Å². The molecule has 1 atom stereocenters. The van der Waals surface area contributed by atoms with E-state index in [0.29, 0.717) is 25.4 Å². The van der Waals surface area contributed by atoms with Crippen LogP contribution in [0.1, 0.15) is 32.8 Å². The third-order valence-electron chi connectivity index (χ3n) is 2.77. The van der Waals surface area contributed by atoms with Gasteiger partial charge in [-0.05, 0) is 31.0 Å². The summed E-state index contributed by atoms with van der Waals surface area (Å²) < 4.78 is 12.8. The van der Waals surface area contributed by atoms with Gasteiger partial charge in [0.15, 0.2) is 0 Å². The molecule has 0 aromatic heterocycles. The lowest BCUT2D eigenvalue weighted by atomic mass is 10.1. The maximum absolute atomic E-state index is 12.8. The molecule has 0 saturated carbocycles. The van der Waals surface area contributed by atoms with Crippen molar-refractivity contribution in [3.63, 3.8) is 0 Å². The van der Waals surface area contributed by atoms with E-state index in [0.717, 1.165) is 5.56 Å². The van der Waals surface area contributed by atoms with Gasteiger partial charge in [0.05, 0.1) is 0 Å². The zero-order valence-electron chi connectivity index (χ0n) is 11.9. The maximum atomic E-state index is 12.8. The number of nitrogens with one attached hydrogen (secondary N) is 2. The van der Waals surface area contributed by atoms with Gasteiger partial charge in [-0.15, -0.1) is 0 Å². The molecule has 0 aliphatic rings. The summed E-state index contributed by atoms with van der Waals surface area (Å²) >= 11 is 0. The summed E-state index contributed by atoms with van der Waals surface area (Å²) in [5.74, 6) is -0.192. The molecule has 1 aromatic carbocycles. The summed E-state index contributed by atoms with van der Waals surface area (Å²) in [6.07, 6.45) is 1.19. The van der Waals surface area contributed by atoms with Gasteiger partial charge in [0.2, 0.25) is 5.91 Å². The minimum Gasteiger partial charge on any atom is -0.353 e. The Morgan fingerprint density at radius 3 is 2.42 bits per heavy atom. The van der Waals surface area contributed by atoms with Gasteiger partial charge < -0.3 is 10.6 Å². The molecule has 0 aliphatic heterocycles. The second-order valence-corrected chi connectivity index (χ2v) is 5.16. The highest BCUT2D eigenvalue weighted by Gasteiger charge is 2.08. The average molecular weight is 266 g/mol. The number of carbonyl (C=O) groups excluding carboxylic acids is 1. The molecule has 0 radical (unpaired) electrons. The fourth-order valence-electron chi connectivity index (χ4n) is 1.85. The van der Waals surface area contributed by atoms with E-state index < -0.39 is 0 Å². The number of amides is 1. The van der Waals surface area contributed by atoms with Crippen LogP contribution in [-0.4, -0.2) is 24.5 Å². The lowest BCUT2D eigenvalue weighted by Crippen LogP contribution is -2.36. The van der Waals surface area contributed by atoms with Crippen molar-refractivity contribution < 1.29 is 9.18 Å². The Labute approximate surface area is 114 Å².